The molecule has 0 unspecified atom stereocenters. The Hall–Kier alpha value is -0.650. The van der Waals surface area contributed by atoms with Crippen LogP contribution in [-0.2, 0) is 9.53 Å². The van der Waals surface area contributed by atoms with E-state index in [1.165, 1.54) is 0 Å². The van der Waals surface area contributed by atoms with Gasteiger partial charge in [0.1, 0.15) is 0 Å². The highest BCUT2D eigenvalue weighted by Crippen LogP contribution is 2.51. The Balaban J connectivity index is 1.59. The maximum Gasteiger partial charge on any atom is 0.240 e. The fourth-order valence-corrected chi connectivity index (χ4v) is 4.61. The molecule has 2 saturated heterocycles. The monoisotopic (exact) mass is 310 g/mol. The molecule has 2 heterocycles. The second-order valence-corrected chi connectivity index (χ2v) is 7.39. The highest BCUT2D eigenvalue weighted by atomic mass is 16.5. The van der Waals surface area contributed by atoms with Crippen LogP contribution in [0.15, 0.2) is 0 Å². The zero-order valence-electron chi connectivity index (χ0n) is 14.1. The van der Waals surface area contributed by atoms with Gasteiger partial charge in [-0.05, 0) is 53.1 Å². The maximum absolute atomic E-state index is 12.5. The summed E-state index contributed by atoms with van der Waals surface area (Å²) in [6.45, 7) is 9.60. The molecule has 1 N–H and O–H groups in total. The molecule has 3 fully saturated rings. The van der Waals surface area contributed by atoms with Crippen molar-refractivity contribution in [3.05, 3.63) is 0 Å². The lowest BCUT2D eigenvalue weighted by Crippen LogP contribution is -2.63. The van der Waals surface area contributed by atoms with Crippen molar-refractivity contribution in [2.24, 2.45) is 5.41 Å². The van der Waals surface area contributed by atoms with Gasteiger partial charge in [-0.15, -0.1) is 0 Å². The molecule has 5 nitrogen and oxygen atoms in total. The average molecular weight is 310 g/mol. The van der Waals surface area contributed by atoms with Gasteiger partial charge in [-0.25, -0.2) is 0 Å². The maximum atomic E-state index is 12.5. The quantitative estimate of drug-likeness (QED) is 0.849. The summed E-state index contributed by atoms with van der Waals surface area (Å²) in [4.78, 5) is 16.9. The Morgan fingerprint density at radius 2 is 2.00 bits per heavy atom. The molecule has 2 aliphatic heterocycles. The van der Waals surface area contributed by atoms with E-state index in [9.17, 15) is 9.90 Å². The second kappa shape index (κ2) is 6.10. The summed E-state index contributed by atoms with van der Waals surface area (Å²) in [7, 11) is 0. The van der Waals surface area contributed by atoms with Gasteiger partial charge in [-0.1, -0.05) is 0 Å². The van der Waals surface area contributed by atoms with Gasteiger partial charge in [-0.3, -0.25) is 9.69 Å². The van der Waals surface area contributed by atoms with Gasteiger partial charge in [0.25, 0.3) is 0 Å². The van der Waals surface area contributed by atoms with E-state index in [0.717, 1.165) is 45.3 Å². The standard InChI is InChI=1S/C17H30N2O3/c1-4-22-15-11-14(20)17(15)6-9-18(10-7-17)13-5-8-19(12(2)3)16(13)21/h12-15,20H,4-11H2,1-3H3/t13-,14-,15+/m0/s1. The van der Waals surface area contributed by atoms with Gasteiger partial charge in [0, 0.05) is 31.0 Å². The van der Waals surface area contributed by atoms with Crippen molar-refractivity contribution in [3.8, 4) is 0 Å². The molecule has 126 valence electrons. The van der Waals surface area contributed by atoms with Gasteiger partial charge in [0.2, 0.25) is 5.91 Å². The van der Waals surface area contributed by atoms with Crippen LogP contribution in [0.3, 0.4) is 0 Å². The van der Waals surface area contributed by atoms with Crippen molar-refractivity contribution in [2.75, 3.05) is 26.2 Å². The molecule has 3 aliphatic rings. The lowest BCUT2D eigenvalue weighted by atomic mass is 9.58. The summed E-state index contributed by atoms with van der Waals surface area (Å²) < 4.78 is 5.82. The predicted molar refractivity (Wildman–Crippen MR) is 84.5 cm³/mol. The third-order valence-electron chi connectivity index (χ3n) is 6.11. The first-order valence-electron chi connectivity index (χ1n) is 8.84. The van der Waals surface area contributed by atoms with E-state index >= 15 is 0 Å². The summed E-state index contributed by atoms with van der Waals surface area (Å²) >= 11 is 0. The van der Waals surface area contributed by atoms with E-state index in [4.69, 9.17) is 4.74 Å². The van der Waals surface area contributed by atoms with Crippen molar-refractivity contribution in [3.63, 3.8) is 0 Å². The van der Waals surface area contributed by atoms with Crippen molar-refractivity contribution in [1.82, 2.24) is 9.80 Å². The number of nitrogens with zero attached hydrogens (tertiary/aromatic N) is 2. The SMILES string of the molecule is CCO[C@@H]1C[C@H](O)C12CCN([C@H]1CCN(C(C)C)C1=O)CC2. The van der Waals surface area contributed by atoms with Crippen LogP contribution in [0, 0.1) is 5.41 Å². The van der Waals surface area contributed by atoms with E-state index in [1.54, 1.807) is 0 Å². The van der Waals surface area contributed by atoms with Crippen LogP contribution in [0.4, 0.5) is 0 Å². The van der Waals surface area contributed by atoms with E-state index < -0.39 is 0 Å². The first-order valence-corrected chi connectivity index (χ1v) is 8.84. The van der Waals surface area contributed by atoms with E-state index in [1.807, 2.05) is 11.8 Å². The van der Waals surface area contributed by atoms with Gasteiger partial charge in [0.15, 0.2) is 0 Å². The molecule has 5 heteroatoms. The lowest BCUT2D eigenvalue weighted by Gasteiger charge is -2.57. The molecule has 0 aromatic heterocycles. The molecule has 0 bridgehead atoms. The zero-order valence-corrected chi connectivity index (χ0v) is 14.1. The zero-order chi connectivity index (χ0) is 15.9. The minimum Gasteiger partial charge on any atom is -0.392 e. The number of carbonyl (C=O) groups is 1. The number of hydrogen-bond acceptors (Lipinski definition) is 4. The third-order valence-corrected chi connectivity index (χ3v) is 6.11. The van der Waals surface area contributed by atoms with Crippen LogP contribution < -0.4 is 0 Å². The summed E-state index contributed by atoms with van der Waals surface area (Å²) in [5.41, 5.74) is -0.0497. The van der Waals surface area contributed by atoms with Crippen LogP contribution in [0.1, 0.15) is 46.5 Å². The number of rotatable bonds is 4. The molecule has 1 aliphatic carbocycles. The van der Waals surface area contributed by atoms with Crippen LogP contribution in [0.25, 0.3) is 0 Å². The van der Waals surface area contributed by atoms with Crippen molar-refractivity contribution in [1.29, 1.82) is 0 Å². The van der Waals surface area contributed by atoms with Crippen LogP contribution in [-0.4, -0.2) is 71.3 Å². The number of likely N-dealkylation sites (tertiary alicyclic amines) is 2. The summed E-state index contributed by atoms with van der Waals surface area (Å²) in [6.07, 6.45) is 3.60. The average Bonchev–Trinajstić information content (AvgIpc) is 2.89. The molecule has 22 heavy (non-hydrogen) atoms. The molecule has 0 radical (unpaired) electrons. The molecule has 1 amide bonds. The van der Waals surface area contributed by atoms with Gasteiger partial charge >= 0.3 is 0 Å². The van der Waals surface area contributed by atoms with Crippen molar-refractivity contribution < 1.29 is 14.6 Å². The third kappa shape index (κ3) is 2.47. The Labute approximate surface area is 133 Å². The number of hydrogen-bond donors (Lipinski definition) is 1. The molecular weight excluding hydrogens is 280 g/mol. The van der Waals surface area contributed by atoms with Gasteiger partial charge < -0.3 is 14.7 Å². The largest absolute Gasteiger partial charge is 0.392 e. The number of ether oxygens (including phenoxy) is 1. The van der Waals surface area contributed by atoms with E-state index in [0.29, 0.717) is 18.6 Å². The van der Waals surface area contributed by atoms with E-state index in [-0.39, 0.29) is 23.7 Å². The predicted octanol–water partition coefficient (Wildman–Crippen LogP) is 1.25. The minimum atomic E-state index is -0.224. The smallest absolute Gasteiger partial charge is 0.240 e. The first-order chi connectivity index (χ1) is 10.5. The first kappa shape index (κ1) is 16.2. The van der Waals surface area contributed by atoms with Crippen molar-refractivity contribution >= 4 is 5.91 Å². The molecule has 1 spiro atoms. The topological polar surface area (TPSA) is 53.0 Å². The molecule has 1 saturated carbocycles. The summed E-state index contributed by atoms with van der Waals surface area (Å²) in [5.74, 6) is 0.293. The minimum absolute atomic E-state index is 0.0497. The number of carbonyl (C=O) groups excluding carboxylic acids is 1. The molecule has 3 atom stereocenters. The van der Waals surface area contributed by atoms with Gasteiger partial charge in [-0.2, -0.15) is 0 Å². The Morgan fingerprint density at radius 1 is 1.32 bits per heavy atom. The summed E-state index contributed by atoms with van der Waals surface area (Å²) in [6, 6.07) is 0.354. The number of aliphatic hydroxyl groups excluding tert-OH is 1. The number of aliphatic hydroxyl groups is 1. The van der Waals surface area contributed by atoms with E-state index in [2.05, 4.69) is 18.7 Å². The fraction of sp³-hybridized carbons (Fsp3) is 0.941. The van der Waals surface area contributed by atoms with Gasteiger partial charge in [0.05, 0.1) is 18.2 Å². The number of piperidine rings is 1. The summed E-state index contributed by atoms with van der Waals surface area (Å²) in [5, 5.41) is 10.3. The van der Waals surface area contributed by atoms with Crippen LogP contribution in [0.2, 0.25) is 0 Å². The highest BCUT2D eigenvalue weighted by molar-refractivity contribution is 5.84. The van der Waals surface area contributed by atoms with Crippen LogP contribution in [0.5, 0.6) is 0 Å². The Bertz CT molecular complexity index is 416. The highest BCUT2D eigenvalue weighted by Gasteiger charge is 2.56. The second-order valence-electron chi connectivity index (χ2n) is 7.39. The molecule has 3 rings (SSSR count). The number of amides is 1. The Morgan fingerprint density at radius 3 is 2.50 bits per heavy atom. The molecular formula is C17H30N2O3. The van der Waals surface area contributed by atoms with Crippen LogP contribution >= 0.6 is 0 Å². The normalized spacial score (nSPS) is 35.4. The Kier molecular flexibility index (Phi) is 4.49. The lowest BCUT2D eigenvalue weighted by molar-refractivity contribution is -0.211. The molecule has 0 aromatic rings. The fourth-order valence-electron chi connectivity index (χ4n) is 4.61. The molecule has 0 aromatic carbocycles. The van der Waals surface area contributed by atoms with Crippen molar-refractivity contribution in [2.45, 2.75) is 70.7 Å².